The van der Waals surface area contributed by atoms with Gasteiger partial charge in [0.05, 0.1) is 24.9 Å². The van der Waals surface area contributed by atoms with Gasteiger partial charge in [0.1, 0.15) is 0 Å². The fourth-order valence-electron chi connectivity index (χ4n) is 1.72. The van der Waals surface area contributed by atoms with Gasteiger partial charge in [0, 0.05) is 19.8 Å². The predicted molar refractivity (Wildman–Crippen MR) is 81.1 cm³/mol. The maximum atomic E-state index is 11.8. The van der Waals surface area contributed by atoms with Crippen LogP contribution in [0.25, 0.3) is 0 Å². The number of ether oxygens (including phenoxy) is 1. The lowest BCUT2D eigenvalue weighted by atomic mass is 10.2. The average molecular weight is 294 g/mol. The van der Waals surface area contributed by atoms with Gasteiger partial charge in [-0.15, -0.1) is 0 Å². The Morgan fingerprint density at radius 3 is 2.71 bits per heavy atom. The summed E-state index contributed by atoms with van der Waals surface area (Å²) in [5, 5.41) is 2.81. The minimum Gasteiger partial charge on any atom is -0.465 e. The zero-order valence-electron chi connectivity index (χ0n) is 12.8. The molecule has 0 radical (unpaired) electrons. The van der Waals surface area contributed by atoms with Crippen molar-refractivity contribution in [2.45, 2.75) is 13.8 Å². The molecular weight excluding hydrogens is 272 g/mol. The van der Waals surface area contributed by atoms with E-state index in [1.54, 1.807) is 11.9 Å². The van der Waals surface area contributed by atoms with Crippen molar-refractivity contribution < 1.29 is 14.3 Å². The van der Waals surface area contributed by atoms with Crippen LogP contribution >= 0.6 is 0 Å². The minimum atomic E-state index is -0.534. The van der Waals surface area contributed by atoms with Gasteiger partial charge >= 0.3 is 5.97 Å². The molecule has 116 valence electrons. The number of esters is 1. The number of carbonyl (C=O) groups excluding carboxylic acids is 2. The van der Waals surface area contributed by atoms with Crippen LogP contribution in [0.1, 0.15) is 24.2 Å². The van der Waals surface area contributed by atoms with E-state index in [9.17, 15) is 9.59 Å². The molecule has 0 fully saturated rings. The van der Waals surface area contributed by atoms with E-state index in [0.717, 1.165) is 0 Å². The Bertz CT molecular complexity index is 517. The third kappa shape index (κ3) is 4.62. The summed E-state index contributed by atoms with van der Waals surface area (Å²) in [4.78, 5) is 29.1. The molecule has 0 unspecified atom stereocenters. The number of aromatic nitrogens is 1. The zero-order chi connectivity index (χ0) is 16.0. The summed E-state index contributed by atoms with van der Waals surface area (Å²) in [6, 6.07) is 1.48. The number of nitrogens with one attached hydrogen (secondary N) is 1. The molecule has 0 aliphatic heterocycles. The van der Waals surface area contributed by atoms with Crippen molar-refractivity contribution in [1.29, 1.82) is 0 Å². The van der Waals surface area contributed by atoms with Gasteiger partial charge in [-0.25, -0.2) is 9.78 Å². The molecule has 3 N–H and O–H groups in total. The highest BCUT2D eigenvalue weighted by Crippen LogP contribution is 2.23. The van der Waals surface area contributed by atoms with Crippen molar-refractivity contribution in [1.82, 2.24) is 10.3 Å². The second-order valence-electron chi connectivity index (χ2n) is 5.14. The van der Waals surface area contributed by atoms with Crippen LogP contribution in [0, 0.1) is 5.92 Å². The zero-order valence-corrected chi connectivity index (χ0v) is 12.8. The highest BCUT2D eigenvalue weighted by Gasteiger charge is 2.17. The van der Waals surface area contributed by atoms with Crippen LogP contribution in [-0.4, -0.2) is 44.1 Å². The van der Waals surface area contributed by atoms with Crippen LogP contribution < -0.4 is 16.0 Å². The molecule has 7 heteroatoms. The summed E-state index contributed by atoms with van der Waals surface area (Å²) in [7, 11) is 2.97. The second-order valence-corrected chi connectivity index (χ2v) is 5.14. The summed E-state index contributed by atoms with van der Waals surface area (Å²) in [5.41, 5.74) is 6.35. The van der Waals surface area contributed by atoms with Gasteiger partial charge < -0.3 is 20.7 Å². The quantitative estimate of drug-likeness (QED) is 0.748. The maximum Gasteiger partial charge on any atom is 0.340 e. The number of pyridine rings is 1. The second kappa shape index (κ2) is 7.47. The molecule has 1 aromatic heterocycles. The maximum absolute atomic E-state index is 11.8. The Morgan fingerprint density at radius 1 is 1.48 bits per heavy atom. The number of amides is 1. The van der Waals surface area contributed by atoms with Crippen LogP contribution in [0.4, 0.5) is 11.5 Å². The number of methoxy groups -OCH3 is 1. The Labute approximate surface area is 124 Å². The summed E-state index contributed by atoms with van der Waals surface area (Å²) in [5.74, 6) is 0.0902. The van der Waals surface area contributed by atoms with E-state index in [1.807, 2.05) is 13.8 Å². The largest absolute Gasteiger partial charge is 0.465 e. The van der Waals surface area contributed by atoms with E-state index in [0.29, 0.717) is 18.3 Å². The number of nitrogens with zero attached hydrogens (tertiary/aromatic N) is 2. The third-order valence-electron chi connectivity index (χ3n) is 2.82. The molecule has 7 nitrogen and oxygen atoms in total. The molecule has 1 rings (SSSR count). The van der Waals surface area contributed by atoms with Crippen molar-refractivity contribution in [3.8, 4) is 0 Å². The Morgan fingerprint density at radius 2 is 2.14 bits per heavy atom. The first-order valence-corrected chi connectivity index (χ1v) is 6.67. The lowest BCUT2D eigenvalue weighted by molar-refractivity contribution is -0.119. The lowest BCUT2D eigenvalue weighted by Crippen LogP contribution is -2.37. The number of hydrogen-bond acceptors (Lipinski definition) is 6. The fourth-order valence-corrected chi connectivity index (χ4v) is 1.72. The van der Waals surface area contributed by atoms with Crippen molar-refractivity contribution >= 4 is 23.4 Å². The van der Waals surface area contributed by atoms with Gasteiger partial charge in [-0.1, -0.05) is 13.8 Å². The van der Waals surface area contributed by atoms with Crippen molar-refractivity contribution in [2.24, 2.45) is 5.92 Å². The number of rotatable bonds is 6. The molecule has 0 bridgehead atoms. The molecule has 0 atom stereocenters. The molecule has 1 amide bonds. The summed E-state index contributed by atoms with van der Waals surface area (Å²) < 4.78 is 4.65. The van der Waals surface area contributed by atoms with Gasteiger partial charge in [0.25, 0.3) is 0 Å². The first kappa shape index (κ1) is 16.7. The molecule has 1 aromatic rings. The van der Waals surface area contributed by atoms with E-state index in [4.69, 9.17) is 5.73 Å². The highest BCUT2D eigenvalue weighted by atomic mass is 16.5. The monoisotopic (exact) mass is 294 g/mol. The summed E-state index contributed by atoms with van der Waals surface area (Å²) in [6.45, 7) is 4.75. The van der Waals surface area contributed by atoms with Crippen molar-refractivity contribution in [2.75, 3.05) is 37.9 Å². The fraction of sp³-hybridized carbons (Fsp3) is 0.500. The summed E-state index contributed by atoms with van der Waals surface area (Å²) >= 11 is 0. The Balaban J connectivity index is 2.81. The SMILES string of the molecule is COC(=O)c1ccnc(N(C)CC(=O)NCC(C)C)c1N. The van der Waals surface area contributed by atoms with Gasteiger partial charge in [-0.05, 0) is 12.0 Å². The number of nitrogen functional groups attached to an aromatic ring is 1. The van der Waals surface area contributed by atoms with E-state index in [2.05, 4.69) is 15.0 Å². The molecular formula is C14H22N4O3. The van der Waals surface area contributed by atoms with Crippen LogP contribution in [0.15, 0.2) is 12.3 Å². The van der Waals surface area contributed by atoms with E-state index >= 15 is 0 Å². The number of nitrogens with two attached hydrogens (primary N) is 1. The topological polar surface area (TPSA) is 97.5 Å². The van der Waals surface area contributed by atoms with Crippen molar-refractivity contribution in [3.63, 3.8) is 0 Å². The molecule has 1 heterocycles. The smallest absolute Gasteiger partial charge is 0.340 e. The number of hydrogen-bond donors (Lipinski definition) is 2. The van der Waals surface area contributed by atoms with Crippen LogP contribution in [0.2, 0.25) is 0 Å². The van der Waals surface area contributed by atoms with E-state index < -0.39 is 5.97 Å². The first-order valence-electron chi connectivity index (χ1n) is 6.67. The highest BCUT2D eigenvalue weighted by molar-refractivity contribution is 5.98. The average Bonchev–Trinajstić information content (AvgIpc) is 2.44. The van der Waals surface area contributed by atoms with Crippen LogP contribution in [0.5, 0.6) is 0 Å². The molecule has 0 saturated carbocycles. The molecule has 21 heavy (non-hydrogen) atoms. The van der Waals surface area contributed by atoms with Gasteiger partial charge in [-0.3, -0.25) is 4.79 Å². The normalized spacial score (nSPS) is 10.3. The van der Waals surface area contributed by atoms with E-state index in [1.165, 1.54) is 19.4 Å². The first-order chi connectivity index (χ1) is 9.86. The van der Waals surface area contributed by atoms with Gasteiger partial charge in [0.2, 0.25) is 5.91 Å². The Hall–Kier alpha value is -2.31. The number of carbonyl (C=O) groups is 2. The molecule has 0 aromatic carbocycles. The van der Waals surface area contributed by atoms with Gasteiger partial charge in [-0.2, -0.15) is 0 Å². The minimum absolute atomic E-state index is 0.106. The van der Waals surface area contributed by atoms with Crippen LogP contribution in [-0.2, 0) is 9.53 Å². The molecule has 0 saturated heterocycles. The Kier molecular flexibility index (Phi) is 5.95. The van der Waals surface area contributed by atoms with E-state index in [-0.39, 0.29) is 23.7 Å². The molecule has 0 aliphatic carbocycles. The molecule has 0 aliphatic rings. The van der Waals surface area contributed by atoms with Crippen molar-refractivity contribution in [3.05, 3.63) is 17.8 Å². The molecule has 0 spiro atoms. The van der Waals surface area contributed by atoms with Gasteiger partial charge in [0.15, 0.2) is 5.82 Å². The number of anilines is 2. The standard InChI is InChI=1S/C14H22N4O3/c1-9(2)7-17-11(19)8-18(3)13-12(15)10(5-6-16-13)14(20)21-4/h5-6,9H,7-8,15H2,1-4H3,(H,17,19). The third-order valence-corrected chi connectivity index (χ3v) is 2.82. The number of likely N-dealkylation sites (N-methyl/N-ethyl adjacent to an activating group) is 1. The van der Waals surface area contributed by atoms with Crippen LogP contribution in [0.3, 0.4) is 0 Å². The lowest BCUT2D eigenvalue weighted by Gasteiger charge is -2.20. The predicted octanol–water partition coefficient (Wildman–Crippen LogP) is 0.659. The summed E-state index contributed by atoms with van der Waals surface area (Å²) in [6.07, 6.45) is 1.46.